The summed E-state index contributed by atoms with van der Waals surface area (Å²) >= 11 is 0. The minimum absolute atomic E-state index is 0.0220. The van der Waals surface area contributed by atoms with Crippen molar-refractivity contribution in [1.82, 2.24) is 19.9 Å². The van der Waals surface area contributed by atoms with Crippen molar-refractivity contribution in [2.24, 2.45) is 5.92 Å². The molecule has 5 N–H and O–H groups in total. The molecule has 0 fully saturated rings. The summed E-state index contributed by atoms with van der Waals surface area (Å²) in [6.45, 7) is 5.98. The van der Waals surface area contributed by atoms with Gasteiger partial charge in [-0.1, -0.05) is 26.8 Å². The normalized spacial score (nSPS) is 13.9. The summed E-state index contributed by atoms with van der Waals surface area (Å²) in [5, 5.41) is 12.7. The van der Waals surface area contributed by atoms with Gasteiger partial charge >= 0.3 is 0 Å². The number of aliphatic hydroxyl groups excluding tert-OH is 1. The van der Waals surface area contributed by atoms with Crippen LogP contribution in [0.25, 0.3) is 0 Å². The Kier molecular flexibility index (Phi) is 7.68. The third-order valence-electron chi connectivity index (χ3n) is 4.13. The number of nitrogens with two attached hydrogens (primary N) is 1. The van der Waals surface area contributed by atoms with E-state index >= 15 is 0 Å². The first kappa shape index (κ1) is 22.8. The molecule has 10 nitrogen and oxygen atoms in total. The molecule has 2 rings (SSSR count). The lowest BCUT2D eigenvalue weighted by atomic mass is 9.99. The molecule has 0 aliphatic carbocycles. The van der Waals surface area contributed by atoms with E-state index < -0.39 is 10.0 Å². The summed E-state index contributed by atoms with van der Waals surface area (Å²) in [6.07, 6.45) is 3.87. The van der Waals surface area contributed by atoms with Crippen LogP contribution in [0.15, 0.2) is 18.3 Å². The first-order valence-electron chi connectivity index (χ1n) is 9.37. The van der Waals surface area contributed by atoms with Crippen LogP contribution >= 0.6 is 0 Å². The average molecular weight is 424 g/mol. The second-order valence-electron chi connectivity index (χ2n) is 7.55. The molecular weight excluding hydrogens is 394 g/mol. The van der Waals surface area contributed by atoms with Crippen LogP contribution in [0.3, 0.4) is 0 Å². The topological polar surface area (TPSA) is 156 Å². The molecule has 0 aliphatic rings. The number of anilines is 3. The van der Waals surface area contributed by atoms with Crippen molar-refractivity contribution in [2.45, 2.75) is 45.6 Å². The Hall–Kier alpha value is -2.53. The number of sulfonamides is 1. The summed E-state index contributed by atoms with van der Waals surface area (Å²) < 4.78 is 25.6. The van der Waals surface area contributed by atoms with E-state index in [1.807, 2.05) is 26.8 Å². The summed E-state index contributed by atoms with van der Waals surface area (Å²) in [6, 6.07) is 3.35. The van der Waals surface area contributed by atoms with Crippen LogP contribution < -0.4 is 15.8 Å². The Morgan fingerprint density at radius 2 is 1.83 bits per heavy atom. The van der Waals surface area contributed by atoms with E-state index in [9.17, 15) is 13.5 Å². The zero-order valence-electron chi connectivity index (χ0n) is 17.1. The highest BCUT2D eigenvalue weighted by Gasteiger charge is 2.17. The minimum atomic E-state index is -3.55. The standard InChI is InChI=1S/C18H29N7O3S/c1-11(2)7-14(10-26)21-17-22-16(23-18(24-17)25-29(4,27)28)8-12(3)13-5-6-15(19)20-9-13/h5-6,9,11-12,14,26H,7-8,10H2,1-4H3,(H2,19,20)(H2,21,22,23,24,25)/t12-,14-/m1/s1. The Morgan fingerprint density at radius 1 is 1.14 bits per heavy atom. The summed E-state index contributed by atoms with van der Waals surface area (Å²) in [4.78, 5) is 16.9. The van der Waals surface area contributed by atoms with Crippen LogP contribution in [-0.4, -0.2) is 52.4 Å². The molecule has 0 bridgehead atoms. The van der Waals surface area contributed by atoms with Gasteiger partial charge in [-0.05, 0) is 29.9 Å². The number of nitrogen functional groups attached to an aromatic ring is 1. The third-order valence-corrected chi connectivity index (χ3v) is 4.69. The van der Waals surface area contributed by atoms with E-state index in [1.54, 1.807) is 12.3 Å². The number of hydrogen-bond donors (Lipinski definition) is 4. The van der Waals surface area contributed by atoms with E-state index in [2.05, 4.69) is 30.0 Å². The predicted molar refractivity (Wildman–Crippen MR) is 113 cm³/mol. The van der Waals surface area contributed by atoms with Crippen LogP contribution in [-0.2, 0) is 16.4 Å². The minimum Gasteiger partial charge on any atom is -0.394 e. The van der Waals surface area contributed by atoms with Crippen LogP contribution in [0.1, 0.15) is 44.5 Å². The lowest BCUT2D eigenvalue weighted by molar-refractivity contribution is 0.259. The predicted octanol–water partition coefficient (Wildman–Crippen LogP) is 1.39. The van der Waals surface area contributed by atoms with Gasteiger partial charge in [-0.2, -0.15) is 15.0 Å². The van der Waals surface area contributed by atoms with E-state index in [1.165, 1.54) is 0 Å². The third kappa shape index (κ3) is 7.78. The Balaban J connectivity index is 2.29. The Morgan fingerprint density at radius 3 is 2.38 bits per heavy atom. The molecule has 11 heteroatoms. The Labute approximate surface area is 171 Å². The number of nitrogens with zero attached hydrogens (tertiary/aromatic N) is 4. The van der Waals surface area contributed by atoms with Crippen LogP contribution in [0.5, 0.6) is 0 Å². The van der Waals surface area contributed by atoms with E-state index in [4.69, 9.17) is 5.73 Å². The number of pyridine rings is 1. The fourth-order valence-electron chi connectivity index (χ4n) is 2.82. The first-order chi connectivity index (χ1) is 13.6. The number of hydrogen-bond acceptors (Lipinski definition) is 9. The van der Waals surface area contributed by atoms with Crippen LogP contribution in [0.4, 0.5) is 17.7 Å². The second kappa shape index (κ2) is 9.79. The average Bonchev–Trinajstić information content (AvgIpc) is 2.59. The van der Waals surface area contributed by atoms with Crippen molar-refractivity contribution >= 4 is 27.7 Å². The highest BCUT2D eigenvalue weighted by atomic mass is 32.2. The first-order valence-corrected chi connectivity index (χ1v) is 11.3. The van der Waals surface area contributed by atoms with Crippen molar-refractivity contribution in [2.75, 3.05) is 28.6 Å². The van der Waals surface area contributed by atoms with Gasteiger partial charge < -0.3 is 16.2 Å². The molecule has 0 radical (unpaired) electrons. The number of nitrogens with one attached hydrogen (secondary N) is 2. The molecule has 160 valence electrons. The molecule has 2 atom stereocenters. The van der Waals surface area contributed by atoms with Gasteiger partial charge in [0.2, 0.25) is 21.9 Å². The summed E-state index contributed by atoms with van der Waals surface area (Å²) in [5.74, 6) is 1.38. The fraction of sp³-hybridized carbons (Fsp3) is 0.556. The van der Waals surface area contributed by atoms with Gasteiger partial charge in [-0.25, -0.2) is 13.4 Å². The van der Waals surface area contributed by atoms with Gasteiger partial charge in [0.25, 0.3) is 0 Å². The zero-order chi connectivity index (χ0) is 21.6. The highest BCUT2D eigenvalue weighted by Crippen LogP contribution is 2.20. The largest absolute Gasteiger partial charge is 0.394 e. The summed E-state index contributed by atoms with van der Waals surface area (Å²) in [7, 11) is -3.55. The van der Waals surface area contributed by atoms with E-state index in [-0.39, 0.29) is 30.5 Å². The SMILES string of the molecule is CC(C)C[C@H](CO)Nc1nc(C[C@@H](C)c2ccc(N)nc2)nc(NS(C)(=O)=O)n1. The number of aromatic nitrogens is 4. The van der Waals surface area contributed by atoms with E-state index in [0.29, 0.717) is 30.4 Å². The van der Waals surface area contributed by atoms with Gasteiger partial charge in [0, 0.05) is 12.6 Å². The maximum absolute atomic E-state index is 11.6. The molecule has 0 unspecified atom stereocenters. The second-order valence-corrected chi connectivity index (χ2v) is 9.30. The van der Waals surface area contributed by atoms with Crippen LogP contribution in [0, 0.1) is 5.92 Å². The van der Waals surface area contributed by atoms with Gasteiger partial charge in [0.05, 0.1) is 18.9 Å². The summed E-state index contributed by atoms with van der Waals surface area (Å²) in [5.41, 5.74) is 6.59. The monoisotopic (exact) mass is 423 g/mol. The fourth-order valence-corrected chi connectivity index (χ4v) is 3.24. The molecule has 2 heterocycles. The lowest BCUT2D eigenvalue weighted by Crippen LogP contribution is -2.27. The molecular formula is C18H29N7O3S. The van der Waals surface area contributed by atoms with Gasteiger partial charge in [0.15, 0.2) is 0 Å². The van der Waals surface area contributed by atoms with E-state index in [0.717, 1.165) is 11.8 Å². The van der Waals surface area contributed by atoms with Crippen molar-refractivity contribution < 1.29 is 13.5 Å². The molecule has 0 saturated carbocycles. The van der Waals surface area contributed by atoms with Crippen molar-refractivity contribution in [3.63, 3.8) is 0 Å². The van der Waals surface area contributed by atoms with Gasteiger partial charge in [0.1, 0.15) is 11.6 Å². The smallest absolute Gasteiger partial charge is 0.241 e. The van der Waals surface area contributed by atoms with Crippen molar-refractivity contribution in [3.05, 3.63) is 29.7 Å². The zero-order valence-corrected chi connectivity index (χ0v) is 17.9. The Bertz CT molecular complexity index is 904. The molecule has 2 aromatic rings. The number of rotatable bonds is 10. The van der Waals surface area contributed by atoms with Gasteiger partial charge in [-0.15, -0.1) is 0 Å². The lowest BCUT2D eigenvalue weighted by Gasteiger charge is -2.19. The molecule has 2 aromatic heterocycles. The van der Waals surface area contributed by atoms with Gasteiger partial charge in [-0.3, -0.25) is 4.72 Å². The quantitative estimate of drug-likeness (QED) is 0.443. The molecule has 0 saturated heterocycles. The molecule has 0 aromatic carbocycles. The molecule has 0 aliphatic heterocycles. The number of aliphatic hydroxyl groups is 1. The van der Waals surface area contributed by atoms with Crippen molar-refractivity contribution in [1.29, 1.82) is 0 Å². The van der Waals surface area contributed by atoms with Crippen molar-refractivity contribution in [3.8, 4) is 0 Å². The molecule has 0 amide bonds. The maximum Gasteiger partial charge on any atom is 0.241 e. The van der Waals surface area contributed by atoms with Crippen LogP contribution in [0.2, 0.25) is 0 Å². The molecule has 0 spiro atoms. The molecule has 29 heavy (non-hydrogen) atoms. The maximum atomic E-state index is 11.6. The highest BCUT2D eigenvalue weighted by molar-refractivity contribution is 7.91.